The number of nitrogens with one attached hydrogen (secondary N) is 3. The van der Waals surface area contributed by atoms with Gasteiger partial charge in [-0.05, 0) is 23.7 Å². The Kier molecular flexibility index (Phi) is 2.71. The van der Waals surface area contributed by atoms with E-state index in [1.807, 2.05) is 24.3 Å². The Labute approximate surface area is 123 Å². The number of fused-ring (bicyclic) bond motifs is 2. The number of H-pyrrole nitrogens is 2. The van der Waals surface area contributed by atoms with Crippen LogP contribution in [0, 0.1) is 0 Å². The van der Waals surface area contributed by atoms with E-state index in [9.17, 15) is 0 Å². The fourth-order valence-corrected chi connectivity index (χ4v) is 2.36. The van der Waals surface area contributed by atoms with Gasteiger partial charge in [0.2, 0.25) is 5.28 Å². The molecule has 0 atom stereocenters. The summed E-state index contributed by atoms with van der Waals surface area (Å²) in [6, 6.07) is 7.87. The summed E-state index contributed by atoms with van der Waals surface area (Å²) >= 11 is 5.89. The van der Waals surface area contributed by atoms with Crippen LogP contribution in [0.3, 0.4) is 0 Å². The maximum absolute atomic E-state index is 5.89. The summed E-state index contributed by atoms with van der Waals surface area (Å²) in [5.41, 5.74) is 3.18. The Morgan fingerprint density at radius 1 is 1.14 bits per heavy atom. The molecule has 1 aromatic carbocycles. The second-order valence-corrected chi connectivity index (χ2v) is 4.83. The lowest BCUT2D eigenvalue weighted by molar-refractivity contribution is 0.996. The zero-order valence-electron chi connectivity index (χ0n) is 10.8. The van der Waals surface area contributed by atoms with Crippen LogP contribution in [0.2, 0.25) is 5.28 Å². The maximum Gasteiger partial charge on any atom is 0.226 e. The first-order valence-electron chi connectivity index (χ1n) is 6.34. The molecule has 0 saturated carbocycles. The molecular weight excluding hydrogens is 290 g/mol. The van der Waals surface area contributed by atoms with Gasteiger partial charge in [-0.1, -0.05) is 12.1 Å². The Bertz CT molecular complexity index is 893. The summed E-state index contributed by atoms with van der Waals surface area (Å²) in [7, 11) is 0. The Hall–Kier alpha value is -2.67. The van der Waals surface area contributed by atoms with Gasteiger partial charge < -0.3 is 15.3 Å². The van der Waals surface area contributed by atoms with Crippen LogP contribution in [0.5, 0.6) is 0 Å². The van der Waals surface area contributed by atoms with Gasteiger partial charge in [-0.15, -0.1) is 0 Å². The van der Waals surface area contributed by atoms with Crippen molar-refractivity contribution in [2.24, 2.45) is 0 Å². The van der Waals surface area contributed by atoms with Gasteiger partial charge in [-0.25, -0.2) is 9.97 Å². The van der Waals surface area contributed by atoms with E-state index in [-0.39, 0.29) is 5.28 Å². The Morgan fingerprint density at radius 2 is 2.05 bits per heavy atom. The van der Waals surface area contributed by atoms with Crippen molar-refractivity contribution < 1.29 is 0 Å². The normalized spacial score (nSPS) is 11.3. The van der Waals surface area contributed by atoms with Gasteiger partial charge in [0, 0.05) is 0 Å². The third-order valence-electron chi connectivity index (χ3n) is 3.12. The van der Waals surface area contributed by atoms with E-state index in [1.54, 1.807) is 6.33 Å². The highest BCUT2D eigenvalue weighted by Crippen LogP contribution is 2.19. The molecule has 0 unspecified atom stereocenters. The predicted molar refractivity (Wildman–Crippen MR) is 80.1 cm³/mol. The van der Waals surface area contributed by atoms with Gasteiger partial charge in [0.15, 0.2) is 11.5 Å². The summed E-state index contributed by atoms with van der Waals surface area (Å²) in [6.07, 6.45) is 1.56. The molecular formula is C13H10ClN7. The zero-order chi connectivity index (χ0) is 14.2. The third kappa shape index (κ3) is 2.17. The molecule has 21 heavy (non-hydrogen) atoms. The van der Waals surface area contributed by atoms with Crippen molar-refractivity contribution in [2.45, 2.75) is 6.54 Å². The molecule has 0 saturated heterocycles. The zero-order valence-corrected chi connectivity index (χ0v) is 11.5. The number of nitrogens with zero attached hydrogens (tertiary/aromatic N) is 4. The van der Waals surface area contributed by atoms with Crippen LogP contribution in [0.25, 0.3) is 22.2 Å². The van der Waals surface area contributed by atoms with E-state index < -0.39 is 0 Å². The van der Waals surface area contributed by atoms with Crippen molar-refractivity contribution in [3.05, 3.63) is 41.7 Å². The second-order valence-electron chi connectivity index (χ2n) is 4.50. The number of aromatic nitrogens is 6. The number of anilines is 1. The van der Waals surface area contributed by atoms with Crippen LogP contribution in [-0.2, 0) is 6.54 Å². The summed E-state index contributed by atoms with van der Waals surface area (Å²) in [5.74, 6) is 1.42. The molecule has 3 heterocycles. The van der Waals surface area contributed by atoms with Gasteiger partial charge in [-0.3, -0.25) is 0 Å². The first-order chi connectivity index (χ1) is 10.3. The number of aromatic amines is 2. The van der Waals surface area contributed by atoms with Crippen LogP contribution in [0.1, 0.15) is 5.82 Å². The lowest BCUT2D eigenvalue weighted by Crippen LogP contribution is -2.04. The lowest BCUT2D eigenvalue weighted by atomic mass is 10.3. The molecule has 0 radical (unpaired) electrons. The van der Waals surface area contributed by atoms with Gasteiger partial charge in [0.25, 0.3) is 0 Å². The minimum Gasteiger partial charge on any atom is -0.361 e. The fraction of sp³-hybridized carbons (Fsp3) is 0.0769. The lowest BCUT2D eigenvalue weighted by Gasteiger charge is -2.04. The number of para-hydroxylation sites is 2. The smallest absolute Gasteiger partial charge is 0.226 e. The molecule has 0 fully saturated rings. The molecule has 0 aliphatic carbocycles. The summed E-state index contributed by atoms with van der Waals surface area (Å²) in [5, 5.41) is 3.35. The molecule has 7 nitrogen and oxygen atoms in total. The monoisotopic (exact) mass is 299 g/mol. The number of imidazole rings is 2. The SMILES string of the molecule is Clc1nc(NCc2nc3ccccc3[nH]2)c2[nH]cnc2n1. The quantitative estimate of drug-likeness (QED) is 0.505. The van der Waals surface area contributed by atoms with Crippen LogP contribution >= 0.6 is 11.6 Å². The molecule has 4 aromatic rings. The van der Waals surface area contributed by atoms with Crippen molar-refractivity contribution in [2.75, 3.05) is 5.32 Å². The minimum atomic E-state index is 0.154. The molecule has 0 aliphatic rings. The van der Waals surface area contributed by atoms with Crippen molar-refractivity contribution in [1.82, 2.24) is 29.9 Å². The Balaban J connectivity index is 1.64. The molecule has 8 heteroatoms. The van der Waals surface area contributed by atoms with Crippen LogP contribution in [0.4, 0.5) is 5.82 Å². The van der Waals surface area contributed by atoms with Crippen LogP contribution < -0.4 is 5.32 Å². The maximum atomic E-state index is 5.89. The van der Waals surface area contributed by atoms with Gasteiger partial charge in [0.05, 0.1) is 23.9 Å². The number of hydrogen-bond donors (Lipinski definition) is 3. The molecule has 3 N–H and O–H groups in total. The van der Waals surface area contributed by atoms with E-state index in [1.165, 1.54) is 0 Å². The van der Waals surface area contributed by atoms with E-state index in [2.05, 4.69) is 35.2 Å². The van der Waals surface area contributed by atoms with Gasteiger partial charge >= 0.3 is 0 Å². The van der Waals surface area contributed by atoms with Crippen molar-refractivity contribution in [1.29, 1.82) is 0 Å². The highest BCUT2D eigenvalue weighted by molar-refractivity contribution is 6.28. The highest BCUT2D eigenvalue weighted by atomic mass is 35.5. The van der Waals surface area contributed by atoms with Gasteiger partial charge in [0.1, 0.15) is 11.3 Å². The molecule has 0 spiro atoms. The number of halogens is 1. The van der Waals surface area contributed by atoms with Crippen molar-refractivity contribution in [3.63, 3.8) is 0 Å². The van der Waals surface area contributed by atoms with Crippen LogP contribution in [0.15, 0.2) is 30.6 Å². The average molecular weight is 300 g/mol. The largest absolute Gasteiger partial charge is 0.361 e. The predicted octanol–water partition coefficient (Wildman–Crippen LogP) is 2.49. The van der Waals surface area contributed by atoms with E-state index in [4.69, 9.17) is 11.6 Å². The molecule has 0 aliphatic heterocycles. The fourth-order valence-electron chi connectivity index (χ4n) is 2.19. The van der Waals surface area contributed by atoms with E-state index >= 15 is 0 Å². The molecule has 0 bridgehead atoms. The average Bonchev–Trinajstić information content (AvgIpc) is 3.10. The molecule has 3 aromatic heterocycles. The number of benzene rings is 1. The topological polar surface area (TPSA) is 95.2 Å². The summed E-state index contributed by atoms with van der Waals surface area (Å²) in [4.78, 5) is 23.0. The molecule has 4 rings (SSSR count). The minimum absolute atomic E-state index is 0.154. The van der Waals surface area contributed by atoms with Crippen molar-refractivity contribution >= 4 is 39.6 Å². The van der Waals surface area contributed by atoms with Gasteiger partial charge in [-0.2, -0.15) is 9.97 Å². The molecule has 0 amide bonds. The molecule has 104 valence electrons. The second kappa shape index (κ2) is 4.71. The first kappa shape index (κ1) is 12.1. The third-order valence-corrected chi connectivity index (χ3v) is 3.29. The van der Waals surface area contributed by atoms with E-state index in [0.29, 0.717) is 18.0 Å². The summed E-state index contributed by atoms with van der Waals surface area (Å²) in [6.45, 7) is 0.496. The van der Waals surface area contributed by atoms with Crippen molar-refractivity contribution in [3.8, 4) is 0 Å². The van der Waals surface area contributed by atoms with Crippen LogP contribution in [-0.4, -0.2) is 29.9 Å². The number of hydrogen-bond acceptors (Lipinski definition) is 5. The van der Waals surface area contributed by atoms with E-state index in [0.717, 1.165) is 22.4 Å². The Morgan fingerprint density at radius 3 is 2.95 bits per heavy atom. The number of rotatable bonds is 3. The highest BCUT2D eigenvalue weighted by Gasteiger charge is 2.09. The first-order valence-corrected chi connectivity index (χ1v) is 6.71. The summed E-state index contributed by atoms with van der Waals surface area (Å²) < 4.78 is 0. The standard InChI is InChI=1S/C13H10ClN7/c14-13-20-11(10-12(21-13)17-6-16-10)15-5-9-18-7-3-1-2-4-8(7)19-9/h1-4,6H,5H2,(H,18,19)(H2,15,16,17,20,21).